The maximum absolute atomic E-state index is 12.3. The molecule has 2 heterocycles. The summed E-state index contributed by atoms with van der Waals surface area (Å²) in [7, 11) is 0. The molecule has 3 rings (SSSR count). The number of nitrogens with zero attached hydrogens (tertiary/aromatic N) is 1. The van der Waals surface area contributed by atoms with Gasteiger partial charge in [-0.15, -0.1) is 24.8 Å². The molecule has 1 amide bonds. The molecule has 0 radical (unpaired) electrons. The summed E-state index contributed by atoms with van der Waals surface area (Å²) in [6, 6.07) is 8.14. The van der Waals surface area contributed by atoms with Gasteiger partial charge < -0.3 is 10.6 Å². The number of nitrogens with one attached hydrogen (secondary N) is 2. The van der Waals surface area contributed by atoms with Gasteiger partial charge in [0.05, 0.1) is 6.04 Å². The van der Waals surface area contributed by atoms with Crippen LogP contribution in [0.15, 0.2) is 24.3 Å². The lowest BCUT2D eigenvalue weighted by Gasteiger charge is -2.33. The molecule has 0 aromatic heterocycles. The fourth-order valence-electron chi connectivity index (χ4n) is 2.84. The van der Waals surface area contributed by atoms with E-state index in [0.29, 0.717) is 0 Å². The zero-order valence-electron chi connectivity index (χ0n) is 11.3. The summed E-state index contributed by atoms with van der Waals surface area (Å²) in [5, 5.41) is 6.40. The molecular formula is C14H21Cl2N3O. The van der Waals surface area contributed by atoms with Crippen molar-refractivity contribution < 1.29 is 4.79 Å². The largest absolute Gasteiger partial charge is 0.324 e. The maximum Gasteiger partial charge on any atom is 0.241 e. The molecule has 0 spiro atoms. The van der Waals surface area contributed by atoms with Gasteiger partial charge >= 0.3 is 0 Å². The van der Waals surface area contributed by atoms with E-state index in [1.165, 1.54) is 5.56 Å². The number of benzene rings is 1. The van der Waals surface area contributed by atoms with Gasteiger partial charge in [-0.1, -0.05) is 18.2 Å². The molecule has 1 aromatic carbocycles. The lowest BCUT2D eigenvalue weighted by Crippen LogP contribution is -2.52. The number of fused-ring (bicyclic) bond motifs is 1. The van der Waals surface area contributed by atoms with Gasteiger partial charge in [0.2, 0.25) is 5.91 Å². The van der Waals surface area contributed by atoms with Crippen molar-refractivity contribution in [2.75, 3.05) is 31.5 Å². The Morgan fingerprint density at radius 3 is 2.55 bits per heavy atom. The van der Waals surface area contributed by atoms with E-state index in [9.17, 15) is 4.79 Å². The van der Waals surface area contributed by atoms with Crippen molar-refractivity contribution in [3.05, 3.63) is 29.8 Å². The number of piperazine rings is 1. The number of anilines is 1. The van der Waals surface area contributed by atoms with E-state index in [0.717, 1.165) is 44.7 Å². The maximum atomic E-state index is 12.3. The average Bonchev–Trinajstić information content (AvgIpc) is 2.58. The van der Waals surface area contributed by atoms with Crippen LogP contribution in [-0.2, 0) is 11.2 Å². The summed E-state index contributed by atoms with van der Waals surface area (Å²) < 4.78 is 0. The zero-order chi connectivity index (χ0) is 12.4. The van der Waals surface area contributed by atoms with Crippen LogP contribution < -0.4 is 10.6 Å². The molecule has 1 fully saturated rings. The van der Waals surface area contributed by atoms with Crippen molar-refractivity contribution in [2.45, 2.75) is 18.9 Å². The molecule has 0 aliphatic carbocycles. The van der Waals surface area contributed by atoms with Gasteiger partial charge in [-0.3, -0.25) is 9.69 Å². The smallest absolute Gasteiger partial charge is 0.241 e. The van der Waals surface area contributed by atoms with Gasteiger partial charge in [0.25, 0.3) is 0 Å². The highest BCUT2D eigenvalue weighted by molar-refractivity contribution is 5.96. The Kier molecular flexibility index (Phi) is 6.76. The second-order valence-corrected chi connectivity index (χ2v) is 4.99. The van der Waals surface area contributed by atoms with Crippen LogP contribution in [0.1, 0.15) is 12.0 Å². The molecule has 6 heteroatoms. The van der Waals surface area contributed by atoms with Crippen molar-refractivity contribution in [3.8, 4) is 0 Å². The van der Waals surface area contributed by atoms with Gasteiger partial charge in [-0.25, -0.2) is 0 Å². The second kappa shape index (κ2) is 7.84. The van der Waals surface area contributed by atoms with Gasteiger partial charge in [0, 0.05) is 31.9 Å². The monoisotopic (exact) mass is 317 g/mol. The third-order valence-electron chi connectivity index (χ3n) is 3.86. The van der Waals surface area contributed by atoms with Crippen molar-refractivity contribution >= 4 is 36.4 Å². The Bertz CT molecular complexity index is 450. The van der Waals surface area contributed by atoms with Gasteiger partial charge in [-0.2, -0.15) is 0 Å². The summed E-state index contributed by atoms with van der Waals surface area (Å²) in [6.07, 6.45) is 1.90. The van der Waals surface area contributed by atoms with E-state index in [1.54, 1.807) is 0 Å². The first kappa shape index (κ1) is 17.2. The number of hydrogen-bond donors (Lipinski definition) is 2. The van der Waals surface area contributed by atoms with Crippen LogP contribution in [0.4, 0.5) is 5.69 Å². The number of aryl methyl sites for hydroxylation is 1. The fourth-order valence-corrected chi connectivity index (χ4v) is 2.84. The Morgan fingerprint density at radius 1 is 1.10 bits per heavy atom. The number of carbonyl (C=O) groups excluding carboxylic acids is 1. The van der Waals surface area contributed by atoms with Gasteiger partial charge in [0.15, 0.2) is 0 Å². The number of para-hydroxylation sites is 1. The second-order valence-electron chi connectivity index (χ2n) is 4.99. The predicted octanol–water partition coefficient (Wildman–Crippen LogP) is 1.69. The normalized spacial score (nSPS) is 22.6. The summed E-state index contributed by atoms with van der Waals surface area (Å²) in [4.78, 5) is 14.6. The van der Waals surface area contributed by atoms with Crippen LogP contribution in [0.3, 0.4) is 0 Å². The van der Waals surface area contributed by atoms with Gasteiger partial charge in [-0.05, 0) is 24.5 Å². The number of rotatable bonds is 1. The molecule has 1 saturated heterocycles. The van der Waals surface area contributed by atoms with E-state index in [-0.39, 0.29) is 36.8 Å². The van der Waals surface area contributed by atoms with E-state index < -0.39 is 0 Å². The SMILES string of the molecule is Cl.Cl.O=C1Nc2ccccc2CCC1N1CCNCC1. The summed E-state index contributed by atoms with van der Waals surface area (Å²) in [5.74, 6) is 0.154. The third kappa shape index (κ3) is 3.64. The molecule has 2 aliphatic rings. The first-order chi connectivity index (χ1) is 8.84. The first-order valence-electron chi connectivity index (χ1n) is 6.68. The minimum absolute atomic E-state index is 0. The molecule has 2 aliphatic heterocycles. The number of halogens is 2. The molecule has 112 valence electrons. The third-order valence-corrected chi connectivity index (χ3v) is 3.86. The molecule has 1 aromatic rings. The zero-order valence-corrected chi connectivity index (χ0v) is 12.9. The molecule has 0 saturated carbocycles. The minimum atomic E-state index is 0. The highest BCUT2D eigenvalue weighted by atomic mass is 35.5. The van der Waals surface area contributed by atoms with E-state index in [2.05, 4.69) is 21.6 Å². The minimum Gasteiger partial charge on any atom is -0.324 e. The lowest BCUT2D eigenvalue weighted by atomic mass is 10.0. The average molecular weight is 318 g/mol. The summed E-state index contributed by atoms with van der Waals surface area (Å²) >= 11 is 0. The molecular weight excluding hydrogens is 297 g/mol. The topological polar surface area (TPSA) is 44.4 Å². The first-order valence-corrected chi connectivity index (χ1v) is 6.68. The van der Waals surface area contributed by atoms with Crippen LogP contribution in [0, 0.1) is 0 Å². The van der Waals surface area contributed by atoms with E-state index >= 15 is 0 Å². The number of carbonyl (C=O) groups is 1. The lowest BCUT2D eigenvalue weighted by molar-refractivity contribution is -0.121. The number of hydrogen-bond acceptors (Lipinski definition) is 3. The molecule has 20 heavy (non-hydrogen) atoms. The Morgan fingerprint density at radius 2 is 1.80 bits per heavy atom. The predicted molar refractivity (Wildman–Crippen MR) is 86.1 cm³/mol. The quantitative estimate of drug-likeness (QED) is 0.828. The van der Waals surface area contributed by atoms with Crippen molar-refractivity contribution in [1.82, 2.24) is 10.2 Å². The van der Waals surface area contributed by atoms with Crippen molar-refractivity contribution in [2.24, 2.45) is 0 Å². The van der Waals surface area contributed by atoms with E-state index in [1.807, 2.05) is 18.2 Å². The molecule has 1 atom stereocenters. The molecule has 4 nitrogen and oxygen atoms in total. The molecule has 0 bridgehead atoms. The summed E-state index contributed by atoms with van der Waals surface area (Å²) in [6.45, 7) is 3.90. The highest BCUT2D eigenvalue weighted by Crippen LogP contribution is 2.23. The Hall–Kier alpha value is -0.810. The van der Waals surface area contributed by atoms with Gasteiger partial charge in [0.1, 0.15) is 0 Å². The Labute approximate surface area is 132 Å². The van der Waals surface area contributed by atoms with Crippen molar-refractivity contribution in [1.29, 1.82) is 0 Å². The molecule has 2 N–H and O–H groups in total. The Balaban J connectivity index is 0.000001000. The summed E-state index contributed by atoms with van der Waals surface area (Å²) in [5.41, 5.74) is 2.24. The van der Waals surface area contributed by atoms with Crippen LogP contribution >= 0.6 is 24.8 Å². The van der Waals surface area contributed by atoms with E-state index in [4.69, 9.17) is 0 Å². The van der Waals surface area contributed by atoms with Crippen LogP contribution in [0.2, 0.25) is 0 Å². The highest BCUT2D eigenvalue weighted by Gasteiger charge is 2.29. The standard InChI is InChI=1S/C14H19N3O.2ClH/c18-14-13(17-9-7-15-8-10-17)6-5-11-3-1-2-4-12(11)16-14;;/h1-4,13,15H,5-10H2,(H,16,18);2*1H. The van der Waals surface area contributed by atoms with Crippen LogP contribution in [0.25, 0.3) is 0 Å². The fraction of sp³-hybridized carbons (Fsp3) is 0.500. The van der Waals surface area contributed by atoms with Crippen LogP contribution in [-0.4, -0.2) is 43.0 Å². The van der Waals surface area contributed by atoms with Crippen LogP contribution in [0.5, 0.6) is 0 Å². The number of amides is 1. The van der Waals surface area contributed by atoms with Crippen molar-refractivity contribution in [3.63, 3.8) is 0 Å². The molecule has 1 unspecified atom stereocenters.